The summed E-state index contributed by atoms with van der Waals surface area (Å²) < 4.78 is 5.18. The molecule has 248 valence electrons. The fraction of sp³-hybridized carbons (Fsp3) is 0.343. The van der Waals surface area contributed by atoms with Gasteiger partial charge in [-0.3, -0.25) is 19.2 Å². The minimum absolute atomic E-state index is 0.211. The van der Waals surface area contributed by atoms with Gasteiger partial charge in [0.1, 0.15) is 17.7 Å². The molecule has 0 unspecified atom stereocenters. The lowest BCUT2D eigenvalue weighted by atomic mass is 10.1. The first kappa shape index (κ1) is 34.5. The number of carboxylic acids is 1. The van der Waals surface area contributed by atoms with Gasteiger partial charge in [-0.1, -0.05) is 48.5 Å². The van der Waals surface area contributed by atoms with E-state index in [1.165, 1.54) is 0 Å². The molecule has 0 saturated heterocycles. The summed E-state index contributed by atoms with van der Waals surface area (Å²) in [6.45, 7) is 7.67. The lowest BCUT2D eigenvalue weighted by Gasteiger charge is -2.24. The minimum atomic E-state index is -1.11. The van der Waals surface area contributed by atoms with Crippen LogP contribution in [0.25, 0.3) is 0 Å². The first-order valence-electron chi connectivity index (χ1n) is 15.4. The zero-order valence-corrected chi connectivity index (χ0v) is 27.0. The number of amides is 4. The van der Waals surface area contributed by atoms with E-state index in [1.54, 1.807) is 75.1 Å². The third kappa shape index (κ3) is 10.3. The fourth-order valence-corrected chi connectivity index (χ4v) is 4.96. The highest BCUT2D eigenvalue weighted by molar-refractivity contribution is 6.05. The van der Waals surface area contributed by atoms with Crippen LogP contribution in [0.5, 0.6) is 0 Å². The van der Waals surface area contributed by atoms with Crippen molar-refractivity contribution in [3.05, 3.63) is 95.1 Å². The summed E-state index contributed by atoms with van der Waals surface area (Å²) in [7, 11) is 0. The highest BCUT2D eigenvalue weighted by atomic mass is 16.6. The lowest BCUT2D eigenvalue weighted by molar-refractivity contribution is -0.141. The number of nitrogens with one attached hydrogen (secondary N) is 4. The van der Waals surface area contributed by atoms with E-state index in [-0.39, 0.29) is 30.8 Å². The second kappa shape index (κ2) is 15.3. The Balaban J connectivity index is 1.36. The van der Waals surface area contributed by atoms with Gasteiger partial charge in [-0.05, 0) is 75.1 Å². The van der Waals surface area contributed by atoms with E-state index in [9.17, 15) is 29.1 Å². The second-order valence-corrected chi connectivity index (χ2v) is 12.4. The van der Waals surface area contributed by atoms with Crippen LogP contribution in [0.4, 0.5) is 16.2 Å². The molecule has 12 heteroatoms. The maximum Gasteiger partial charge on any atom is 0.408 e. The third-order valence-corrected chi connectivity index (χ3v) is 7.37. The monoisotopic (exact) mass is 643 g/mol. The standard InChI is InChI=1S/C35H41N5O7/c1-22(37-34(46)47-35(2,3)4)31(43)36-20-24-10-14-27(15-11-24)38-32(44)25-12-13-26-21-40(17-16-23-8-6-5-7-9-23)33(45)29(19-30(41)42)39-28(26)18-25/h5-15,18,22,29,39H,16-17,19-21H2,1-4H3,(H,36,43)(H,37,46)(H,38,44)(H,41,42)/t22-,29+/m0/s1. The molecule has 5 N–H and O–H groups in total. The quantitative estimate of drug-likeness (QED) is 0.206. The van der Waals surface area contributed by atoms with Crippen LogP contribution in [0.15, 0.2) is 72.8 Å². The number of hydrogen-bond acceptors (Lipinski definition) is 7. The van der Waals surface area contributed by atoms with Gasteiger partial charge in [-0.25, -0.2) is 4.79 Å². The van der Waals surface area contributed by atoms with Crippen molar-refractivity contribution >= 4 is 41.2 Å². The van der Waals surface area contributed by atoms with Crippen LogP contribution < -0.4 is 21.3 Å². The number of carbonyl (C=O) groups is 5. The van der Waals surface area contributed by atoms with E-state index in [2.05, 4.69) is 21.3 Å². The molecular formula is C35H41N5O7. The molecule has 4 rings (SSSR count). The van der Waals surface area contributed by atoms with Crippen molar-refractivity contribution in [1.29, 1.82) is 0 Å². The lowest BCUT2D eigenvalue weighted by Crippen LogP contribution is -2.46. The predicted octanol–water partition coefficient (Wildman–Crippen LogP) is 4.31. The molecule has 0 radical (unpaired) electrons. The maximum absolute atomic E-state index is 13.3. The van der Waals surface area contributed by atoms with Gasteiger partial charge in [0.15, 0.2) is 0 Å². The van der Waals surface area contributed by atoms with Gasteiger partial charge in [-0.2, -0.15) is 0 Å². The number of nitrogens with zero attached hydrogens (tertiary/aromatic N) is 1. The zero-order chi connectivity index (χ0) is 34.1. The SMILES string of the molecule is C[C@H](NC(=O)OC(C)(C)C)C(=O)NCc1ccc(NC(=O)c2ccc3c(c2)N[C@H](CC(=O)O)C(=O)N(CCc2ccccc2)C3)cc1. The number of benzene rings is 3. The van der Waals surface area contributed by atoms with Crippen LogP contribution in [-0.2, 0) is 38.6 Å². The Bertz CT molecular complexity index is 1600. The summed E-state index contributed by atoms with van der Waals surface area (Å²) in [6, 6.07) is 20.0. The number of ether oxygens (including phenoxy) is 1. The predicted molar refractivity (Wildman–Crippen MR) is 177 cm³/mol. The Hall–Kier alpha value is -5.39. The van der Waals surface area contributed by atoms with E-state index in [0.717, 1.165) is 16.7 Å². The van der Waals surface area contributed by atoms with E-state index < -0.39 is 36.2 Å². The van der Waals surface area contributed by atoms with Gasteiger partial charge in [0, 0.05) is 36.6 Å². The summed E-state index contributed by atoms with van der Waals surface area (Å²) in [6.07, 6.45) is -0.458. The van der Waals surface area contributed by atoms with E-state index in [1.807, 2.05) is 30.3 Å². The van der Waals surface area contributed by atoms with Gasteiger partial charge in [0.2, 0.25) is 11.8 Å². The van der Waals surface area contributed by atoms with Gasteiger partial charge in [-0.15, -0.1) is 0 Å². The number of alkyl carbamates (subject to hydrolysis) is 1. The highest BCUT2D eigenvalue weighted by Gasteiger charge is 2.31. The molecule has 0 aliphatic carbocycles. The van der Waals surface area contributed by atoms with Crippen molar-refractivity contribution in [3.63, 3.8) is 0 Å². The molecule has 47 heavy (non-hydrogen) atoms. The van der Waals surface area contributed by atoms with Crippen LogP contribution in [0.3, 0.4) is 0 Å². The minimum Gasteiger partial charge on any atom is -0.481 e. The maximum atomic E-state index is 13.3. The first-order chi connectivity index (χ1) is 22.3. The van der Waals surface area contributed by atoms with Crippen molar-refractivity contribution in [1.82, 2.24) is 15.5 Å². The molecule has 1 aliphatic heterocycles. The largest absolute Gasteiger partial charge is 0.481 e. The van der Waals surface area contributed by atoms with E-state index in [0.29, 0.717) is 29.9 Å². The van der Waals surface area contributed by atoms with Gasteiger partial charge in [0.25, 0.3) is 5.91 Å². The van der Waals surface area contributed by atoms with E-state index >= 15 is 0 Å². The molecular weight excluding hydrogens is 602 g/mol. The van der Waals surface area contributed by atoms with Crippen molar-refractivity contribution in [2.45, 2.75) is 71.3 Å². The Morgan fingerprint density at radius 3 is 2.36 bits per heavy atom. The van der Waals surface area contributed by atoms with Gasteiger partial charge < -0.3 is 36.0 Å². The van der Waals surface area contributed by atoms with Gasteiger partial charge in [0.05, 0.1) is 6.42 Å². The summed E-state index contributed by atoms with van der Waals surface area (Å²) in [5.74, 6) is -2.18. The number of fused-ring (bicyclic) bond motifs is 1. The highest BCUT2D eigenvalue weighted by Crippen LogP contribution is 2.26. The van der Waals surface area contributed by atoms with Crippen molar-refractivity contribution in [3.8, 4) is 0 Å². The number of hydrogen-bond donors (Lipinski definition) is 5. The molecule has 0 spiro atoms. The Morgan fingerprint density at radius 2 is 1.70 bits per heavy atom. The molecule has 0 fully saturated rings. The fourth-order valence-electron chi connectivity index (χ4n) is 4.96. The van der Waals surface area contributed by atoms with Crippen LogP contribution in [0, 0.1) is 0 Å². The topological polar surface area (TPSA) is 166 Å². The molecule has 1 aliphatic rings. The van der Waals surface area contributed by atoms with Gasteiger partial charge >= 0.3 is 12.1 Å². The average molecular weight is 644 g/mol. The number of anilines is 2. The number of carboxylic acid groups (broad SMARTS) is 1. The molecule has 0 aromatic heterocycles. The molecule has 3 aromatic carbocycles. The molecule has 1 heterocycles. The van der Waals surface area contributed by atoms with Crippen LogP contribution in [0.1, 0.15) is 61.2 Å². The van der Waals surface area contributed by atoms with E-state index in [4.69, 9.17) is 4.74 Å². The normalized spacial score (nSPS) is 14.9. The Labute approximate surface area is 273 Å². The molecule has 0 bridgehead atoms. The zero-order valence-electron chi connectivity index (χ0n) is 27.0. The number of carbonyl (C=O) groups excluding carboxylic acids is 4. The van der Waals surface area contributed by atoms with Crippen LogP contribution >= 0.6 is 0 Å². The third-order valence-electron chi connectivity index (χ3n) is 7.37. The molecule has 4 amide bonds. The summed E-state index contributed by atoms with van der Waals surface area (Å²) >= 11 is 0. The molecule has 3 aromatic rings. The number of rotatable bonds is 11. The summed E-state index contributed by atoms with van der Waals surface area (Å²) in [4.78, 5) is 64.1. The Morgan fingerprint density at radius 1 is 1.00 bits per heavy atom. The van der Waals surface area contributed by atoms with Crippen molar-refractivity contribution in [2.75, 3.05) is 17.2 Å². The number of aliphatic carboxylic acids is 1. The summed E-state index contributed by atoms with van der Waals surface area (Å²) in [5, 5.41) is 20.6. The Kier molecular flexibility index (Phi) is 11.2. The van der Waals surface area contributed by atoms with Crippen molar-refractivity contribution in [2.24, 2.45) is 0 Å². The smallest absolute Gasteiger partial charge is 0.408 e. The second-order valence-electron chi connectivity index (χ2n) is 12.4. The van der Waals surface area contributed by atoms with Crippen LogP contribution in [0.2, 0.25) is 0 Å². The molecule has 2 atom stereocenters. The first-order valence-corrected chi connectivity index (χ1v) is 15.4. The van der Waals surface area contributed by atoms with Crippen molar-refractivity contribution < 1.29 is 33.8 Å². The van der Waals surface area contributed by atoms with Crippen LogP contribution in [-0.4, -0.2) is 64.0 Å². The molecule has 12 nitrogen and oxygen atoms in total. The average Bonchev–Trinajstić information content (AvgIpc) is 3.14. The summed E-state index contributed by atoms with van der Waals surface area (Å²) in [5.41, 5.74) is 3.33. The molecule has 0 saturated carbocycles.